The van der Waals surface area contributed by atoms with Gasteiger partial charge in [0, 0.05) is 41.1 Å². The highest BCUT2D eigenvalue weighted by Crippen LogP contribution is 2.24. The van der Waals surface area contributed by atoms with Crippen LogP contribution in [0.15, 0.2) is 84.0 Å². The number of carbonyl (C=O) groups excluding carboxylic acids is 3. The number of anilines is 2. The van der Waals surface area contributed by atoms with Crippen LogP contribution < -0.4 is 10.6 Å². The molecule has 0 unspecified atom stereocenters. The van der Waals surface area contributed by atoms with E-state index in [4.69, 9.17) is 0 Å². The number of aryl methyl sites for hydroxylation is 1. The Morgan fingerprint density at radius 3 is 2.29 bits per heavy atom. The molecule has 8 heteroatoms. The highest BCUT2D eigenvalue weighted by atomic mass is 16.5. The Morgan fingerprint density at radius 1 is 1.00 bits per heavy atom. The molecule has 0 radical (unpaired) electrons. The van der Waals surface area contributed by atoms with Crippen LogP contribution in [0.1, 0.15) is 24.2 Å². The van der Waals surface area contributed by atoms with E-state index in [1.54, 1.807) is 74.1 Å². The van der Waals surface area contributed by atoms with E-state index in [0.717, 1.165) is 5.56 Å². The number of carbonyl (C=O) groups is 3. The van der Waals surface area contributed by atoms with Crippen molar-refractivity contribution in [3.05, 3.63) is 89.5 Å². The summed E-state index contributed by atoms with van der Waals surface area (Å²) in [6.07, 6.45) is 3.10. The van der Waals surface area contributed by atoms with Crippen LogP contribution in [0.2, 0.25) is 0 Å². The molecule has 0 aliphatic carbocycles. The van der Waals surface area contributed by atoms with E-state index in [9.17, 15) is 14.4 Å². The van der Waals surface area contributed by atoms with E-state index < -0.39 is 5.97 Å². The number of ether oxygens (including phenoxy) is 1. The summed E-state index contributed by atoms with van der Waals surface area (Å²) < 4.78 is 6.26. The lowest BCUT2D eigenvalue weighted by Crippen LogP contribution is -2.14. The van der Waals surface area contributed by atoms with E-state index in [-0.39, 0.29) is 11.8 Å². The third-order valence-electron chi connectivity index (χ3n) is 5.05. The molecule has 0 saturated heterocycles. The molecule has 2 amide bonds. The molecular formula is C26H26N4O4. The number of benzene rings is 2. The maximum atomic E-state index is 12.6. The standard InChI is InChI=1S/C26H26N4O4/c1-5-18(15-17(2)26(33)34-4)24(31)27-21-13-11-19(12-14-21)22-16-23(30(3)29-22)28-25(32)20-9-7-6-8-10-20/h5-16H,1-4H3,(H,27,31)(H,28,32)/b17-15+,18-5+. The number of esters is 1. The number of hydrogen-bond acceptors (Lipinski definition) is 5. The molecule has 8 nitrogen and oxygen atoms in total. The molecule has 1 aromatic heterocycles. The normalized spacial score (nSPS) is 11.6. The number of nitrogens with one attached hydrogen (secondary N) is 2. The van der Waals surface area contributed by atoms with Crippen LogP contribution in [0, 0.1) is 0 Å². The van der Waals surface area contributed by atoms with Gasteiger partial charge in [-0.15, -0.1) is 0 Å². The van der Waals surface area contributed by atoms with Crippen LogP contribution in [-0.2, 0) is 21.4 Å². The molecule has 2 N–H and O–H groups in total. The zero-order valence-electron chi connectivity index (χ0n) is 19.5. The second kappa shape index (κ2) is 10.9. The van der Waals surface area contributed by atoms with Gasteiger partial charge in [0.25, 0.3) is 11.8 Å². The van der Waals surface area contributed by atoms with E-state index in [1.165, 1.54) is 13.2 Å². The van der Waals surface area contributed by atoms with Crippen molar-refractivity contribution in [2.45, 2.75) is 13.8 Å². The number of nitrogens with zero attached hydrogens (tertiary/aromatic N) is 2. The fourth-order valence-electron chi connectivity index (χ4n) is 3.16. The number of allylic oxidation sites excluding steroid dienone is 1. The molecule has 0 saturated carbocycles. The van der Waals surface area contributed by atoms with E-state index in [2.05, 4.69) is 20.5 Å². The molecule has 1 heterocycles. The molecule has 0 spiro atoms. The van der Waals surface area contributed by atoms with Crippen molar-refractivity contribution in [2.24, 2.45) is 7.05 Å². The molecule has 3 rings (SSSR count). The Balaban J connectivity index is 1.70. The Kier molecular flexibility index (Phi) is 7.76. The molecule has 0 aliphatic rings. The number of methoxy groups -OCH3 is 1. The fraction of sp³-hybridized carbons (Fsp3) is 0.154. The van der Waals surface area contributed by atoms with Gasteiger partial charge in [0.05, 0.1) is 12.8 Å². The highest BCUT2D eigenvalue weighted by molar-refractivity contribution is 6.07. The number of hydrogen-bond donors (Lipinski definition) is 2. The maximum absolute atomic E-state index is 12.6. The van der Waals surface area contributed by atoms with Gasteiger partial charge in [0.15, 0.2) is 0 Å². The summed E-state index contributed by atoms with van der Waals surface area (Å²) in [6, 6.07) is 17.9. The van der Waals surface area contributed by atoms with Gasteiger partial charge < -0.3 is 15.4 Å². The zero-order valence-corrected chi connectivity index (χ0v) is 19.5. The SMILES string of the molecule is C/C=C(\C=C(/C)C(=O)OC)C(=O)Nc1ccc(-c2cc(NC(=O)c3ccccc3)n(C)n2)cc1. The first-order valence-electron chi connectivity index (χ1n) is 10.6. The van der Waals surface area contributed by atoms with E-state index in [1.807, 2.05) is 18.2 Å². The third-order valence-corrected chi connectivity index (χ3v) is 5.05. The number of amides is 2. The van der Waals surface area contributed by atoms with Crippen molar-refractivity contribution in [1.29, 1.82) is 0 Å². The average Bonchev–Trinajstić information content (AvgIpc) is 3.22. The van der Waals surface area contributed by atoms with Gasteiger partial charge in [0.2, 0.25) is 0 Å². The fourth-order valence-corrected chi connectivity index (χ4v) is 3.16. The minimum atomic E-state index is -0.494. The second-order valence-electron chi connectivity index (χ2n) is 7.45. The number of aromatic nitrogens is 2. The lowest BCUT2D eigenvalue weighted by molar-refractivity contribution is -0.136. The Morgan fingerprint density at radius 2 is 1.68 bits per heavy atom. The van der Waals surface area contributed by atoms with Crippen molar-refractivity contribution in [2.75, 3.05) is 17.7 Å². The predicted octanol–water partition coefficient (Wildman–Crippen LogP) is 4.34. The van der Waals surface area contributed by atoms with Crippen LogP contribution in [0.25, 0.3) is 11.3 Å². The van der Waals surface area contributed by atoms with Crippen LogP contribution >= 0.6 is 0 Å². The molecule has 0 atom stereocenters. The zero-order chi connectivity index (χ0) is 24.7. The van der Waals surface area contributed by atoms with Gasteiger partial charge in [-0.25, -0.2) is 4.79 Å². The predicted molar refractivity (Wildman–Crippen MR) is 131 cm³/mol. The smallest absolute Gasteiger partial charge is 0.333 e. The summed E-state index contributed by atoms with van der Waals surface area (Å²) in [4.78, 5) is 36.6. The molecule has 3 aromatic rings. The summed E-state index contributed by atoms with van der Waals surface area (Å²) in [6.45, 7) is 3.30. The second-order valence-corrected chi connectivity index (χ2v) is 7.45. The lowest BCUT2D eigenvalue weighted by atomic mass is 10.1. The summed E-state index contributed by atoms with van der Waals surface area (Å²) in [5.41, 5.74) is 3.31. The average molecular weight is 459 g/mol. The summed E-state index contributed by atoms with van der Waals surface area (Å²) in [5, 5.41) is 10.1. The first-order valence-corrected chi connectivity index (χ1v) is 10.6. The molecule has 0 fully saturated rings. The molecule has 0 bridgehead atoms. The number of rotatable bonds is 7. The maximum Gasteiger partial charge on any atom is 0.333 e. The molecule has 2 aromatic carbocycles. The first kappa shape index (κ1) is 24.2. The Hall–Kier alpha value is -4.46. The van der Waals surface area contributed by atoms with Crippen molar-refractivity contribution in [3.63, 3.8) is 0 Å². The first-order chi connectivity index (χ1) is 16.3. The molecule has 0 aliphatic heterocycles. The van der Waals surface area contributed by atoms with Crippen LogP contribution in [-0.4, -0.2) is 34.7 Å². The lowest BCUT2D eigenvalue weighted by Gasteiger charge is -2.07. The van der Waals surface area contributed by atoms with E-state index in [0.29, 0.717) is 33.9 Å². The van der Waals surface area contributed by atoms with Crippen molar-refractivity contribution in [3.8, 4) is 11.3 Å². The monoisotopic (exact) mass is 458 g/mol. The van der Waals surface area contributed by atoms with Gasteiger partial charge in [-0.2, -0.15) is 5.10 Å². The quantitative estimate of drug-likeness (QED) is 0.311. The van der Waals surface area contributed by atoms with Gasteiger partial charge in [-0.3, -0.25) is 14.3 Å². The summed E-state index contributed by atoms with van der Waals surface area (Å²) >= 11 is 0. The van der Waals surface area contributed by atoms with Gasteiger partial charge in [-0.1, -0.05) is 36.4 Å². The highest BCUT2D eigenvalue weighted by Gasteiger charge is 2.13. The minimum Gasteiger partial charge on any atom is -0.466 e. The third kappa shape index (κ3) is 5.86. The summed E-state index contributed by atoms with van der Waals surface area (Å²) in [7, 11) is 3.04. The molecule has 174 valence electrons. The molecular weight excluding hydrogens is 432 g/mol. The van der Waals surface area contributed by atoms with Crippen molar-refractivity contribution >= 4 is 29.3 Å². The topological polar surface area (TPSA) is 102 Å². The van der Waals surface area contributed by atoms with Gasteiger partial charge >= 0.3 is 5.97 Å². The van der Waals surface area contributed by atoms with Crippen LogP contribution in [0.3, 0.4) is 0 Å². The van der Waals surface area contributed by atoms with Gasteiger partial charge in [-0.05, 0) is 44.2 Å². The van der Waals surface area contributed by atoms with Crippen molar-refractivity contribution < 1.29 is 19.1 Å². The Labute approximate surface area is 197 Å². The van der Waals surface area contributed by atoms with Crippen LogP contribution in [0.5, 0.6) is 0 Å². The Bertz CT molecular complexity index is 1260. The van der Waals surface area contributed by atoms with Crippen LogP contribution in [0.4, 0.5) is 11.5 Å². The summed E-state index contributed by atoms with van der Waals surface area (Å²) in [5.74, 6) is -0.496. The van der Waals surface area contributed by atoms with Gasteiger partial charge in [0.1, 0.15) is 5.82 Å². The van der Waals surface area contributed by atoms with E-state index >= 15 is 0 Å². The molecule has 34 heavy (non-hydrogen) atoms. The minimum absolute atomic E-state index is 0.218. The largest absolute Gasteiger partial charge is 0.466 e. The van der Waals surface area contributed by atoms with Crippen molar-refractivity contribution in [1.82, 2.24) is 9.78 Å².